The van der Waals surface area contributed by atoms with Gasteiger partial charge in [-0.2, -0.15) is 0 Å². The number of nitrogens with one attached hydrogen (secondary N) is 1. The highest BCUT2D eigenvalue weighted by Gasteiger charge is 2.11. The number of aromatic nitrogens is 2. The van der Waals surface area contributed by atoms with Gasteiger partial charge < -0.3 is 20.5 Å². The van der Waals surface area contributed by atoms with E-state index in [2.05, 4.69) is 15.3 Å². The number of hydrogen-bond acceptors (Lipinski definition) is 6. The predicted molar refractivity (Wildman–Crippen MR) is 67.2 cm³/mol. The van der Waals surface area contributed by atoms with Gasteiger partial charge in [0.1, 0.15) is 13.2 Å². The van der Waals surface area contributed by atoms with Crippen LogP contribution in [-0.2, 0) is 0 Å². The number of nitrogen functional groups attached to an aromatic ring is 1. The van der Waals surface area contributed by atoms with Crippen LogP contribution in [0.15, 0.2) is 30.6 Å². The van der Waals surface area contributed by atoms with Gasteiger partial charge in [-0.1, -0.05) is 0 Å². The fourth-order valence-corrected chi connectivity index (χ4v) is 1.65. The molecule has 1 aromatic carbocycles. The van der Waals surface area contributed by atoms with Crippen molar-refractivity contribution in [3.63, 3.8) is 0 Å². The summed E-state index contributed by atoms with van der Waals surface area (Å²) in [5, 5.41) is 3.07. The van der Waals surface area contributed by atoms with Crippen LogP contribution in [0.4, 0.5) is 17.3 Å². The first-order valence-electron chi connectivity index (χ1n) is 5.55. The van der Waals surface area contributed by atoms with E-state index in [0.717, 1.165) is 17.2 Å². The third-order valence-electron chi connectivity index (χ3n) is 2.47. The van der Waals surface area contributed by atoms with E-state index in [1.807, 2.05) is 18.2 Å². The van der Waals surface area contributed by atoms with Crippen molar-refractivity contribution in [3.8, 4) is 11.5 Å². The van der Waals surface area contributed by atoms with Crippen molar-refractivity contribution in [1.82, 2.24) is 9.97 Å². The lowest BCUT2D eigenvalue weighted by atomic mass is 10.2. The Hall–Kier alpha value is -2.50. The largest absolute Gasteiger partial charge is 0.486 e. The van der Waals surface area contributed by atoms with Gasteiger partial charge in [-0.05, 0) is 12.1 Å². The van der Waals surface area contributed by atoms with Crippen LogP contribution in [0.2, 0.25) is 0 Å². The number of rotatable bonds is 2. The molecule has 0 radical (unpaired) electrons. The molecule has 0 saturated heterocycles. The van der Waals surface area contributed by atoms with Gasteiger partial charge in [0.2, 0.25) is 5.95 Å². The van der Waals surface area contributed by atoms with Gasteiger partial charge in [-0.15, -0.1) is 0 Å². The van der Waals surface area contributed by atoms with Crippen LogP contribution < -0.4 is 20.5 Å². The molecule has 0 bridgehead atoms. The van der Waals surface area contributed by atoms with Crippen molar-refractivity contribution in [2.45, 2.75) is 0 Å². The minimum absolute atomic E-state index is 0.487. The van der Waals surface area contributed by atoms with Crippen LogP contribution in [0.25, 0.3) is 0 Å². The highest BCUT2D eigenvalue weighted by molar-refractivity contribution is 5.60. The molecule has 2 aromatic rings. The highest BCUT2D eigenvalue weighted by Crippen LogP contribution is 2.33. The second-order valence-corrected chi connectivity index (χ2v) is 3.82. The fraction of sp³-hybridized carbons (Fsp3) is 0.167. The third kappa shape index (κ3) is 2.13. The molecule has 6 nitrogen and oxygen atoms in total. The second kappa shape index (κ2) is 4.40. The molecule has 2 heterocycles. The number of ether oxygens (including phenoxy) is 2. The Morgan fingerprint density at radius 2 is 1.78 bits per heavy atom. The van der Waals surface area contributed by atoms with Crippen molar-refractivity contribution < 1.29 is 9.47 Å². The lowest BCUT2D eigenvalue weighted by Crippen LogP contribution is -2.15. The zero-order chi connectivity index (χ0) is 12.4. The molecule has 1 aliphatic rings. The minimum Gasteiger partial charge on any atom is -0.486 e. The minimum atomic E-state index is 0.487. The van der Waals surface area contributed by atoms with Crippen molar-refractivity contribution >= 4 is 17.3 Å². The lowest BCUT2D eigenvalue weighted by Gasteiger charge is -2.18. The summed E-state index contributed by atoms with van der Waals surface area (Å²) in [7, 11) is 0. The number of benzene rings is 1. The average Bonchev–Trinajstić information content (AvgIpc) is 2.41. The first-order chi connectivity index (χ1) is 8.81. The van der Waals surface area contributed by atoms with E-state index in [1.165, 1.54) is 0 Å². The molecule has 1 aromatic heterocycles. The zero-order valence-corrected chi connectivity index (χ0v) is 9.59. The van der Waals surface area contributed by atoms with Crippen molar-refractivity contribution in [2.24, 2.45) is 0 Å². The quantitative estimate of drug-likeness (QED) is 0.834. The maximum atomic E-state index is 5.52. The Labute approximate surface area is 104 Å². The topological polar surface area (TPSA) is 82.3 Å². The molecule has 1 aliphatic heterocycles. The predicted octanol–water partition coefficient (Wildman–Crippen LogP) is 1.57. The van der Waals surface area contributed by atoms with Crippen LogP contribution in [0.3, 0.4) is 0 Å². The number of nitrogens with two attached hydrogens (primary N) is 1. The molecule has 18 heavy (non-hydrogen) atoms. The third-order valence-corrected chi connectivity index (χ3v) is 2.47. The maximum absolute atomic E-state index is 5.52. The van der Waals surface area contributed by atoms with E-state index in [0.29, 0.717) is 24.8 Å². The Bertz CT molecular complexity index is 557. The van der Waals surface area contributed by atoms with E-state index in [-0.39, 0.29) is 0 Å². The average molecular weight is 244 g/mol. The fourth-order valence-electron chi connectivity index (χ4n) is 1.65. The van der Waals surface area contributed by atoms with Gasteiger partial charge in [0, 0.05) is 11.8 Å². The van der Waals surface area contributed by atoms with Gasteiger partial charge in [0.05, 0.1) is 18.1 Å². The Morgan fingerprint density at radius 1 is 1.06 bits per heavy atom. The SMILES string of the molecule is Nc1cnc(Nc2ccc3c(c2)OCCO3)nc1. The summed E-state index contributed by atoms with van der Waals surface area (Å²) in [6.45, 7) is 1.15. The van der Waals surface area contributed by atoms with E-state index >= 15 is 0 Å². The van der Waals surface area contributed by atoms with Gasteiger partial charge in [0.15, 0.2) is 11.5 Å². The standard InChI is InChI=1S/C12H12N4O2/c13-8-6-14-12(15-7-8)16-9-1-2-10-11(5-9)18-4-3-17-10/h1-2,5-7H,3-4,13H2,(H,14,15,16). The Morgan fingerprint density at radius 3 is 2.56 bits per heavy atom. The van der Waals surface area contributed by atoms with E-state index in [1.54, 1.807) is 12.4 Å². The second-order valence-electron chi connectivity index (χ2n) is 3.82. The summed E-state index contributed by atoms with van der Waals surface area (Å²) in [5.74, 6) is 1.97. The number of hydrogen-bond donors (Lipinski definition) is 2. The molecule has 0 atom stereocenters. The van der Waals surface area contributed by atoms with Crippen molar-refractivity contribution in [1.29, 1.82) is 0 Å². The summed E-state index contributed by atoms with van der Waals surface area (Å²) in [4.78, 5) is 8.13. The molecule has 3 N–H and O–H groups in total. The molecule has 0 aliphatic carbocycles. The molecular formula is C12H12N4O2. The van der Waals surface area contributed by atoms with Crippen LogP contribution in [0, 0.1) is 0 Å². The molecule has 0 amide bonds. The summed E-state index contributed by atoms with van der Waals surface area (Å²) in [6, 6.07) is 5.59. The van der Waals surface area contributed by atoms with E-state index < -0.39 is 0 Å². The monoisotopic (exact) mass is 244 g/mol. The van der Waals surface area contributed by atoms with Gasteiger partial charge in [-0.3, -0.25) is 0 Å². The molecule has 0 saturated carbocycles. The summed E-state index contributed by atoms with van der Waals surface area (Å²) in [6.07, 6.45) is 3.10. The first kappa shape index (κ1) is 10.6. The molecule has 92 valence electrons. The van der Waals surface area contributed by atoms with Crippen LogP contribution in [0.1, 0.15) is 0 Å². The molecule has 0 unspecified atom stereocenters. The van der Waals surface area contributed by atoms with Crippen LogP contribution >= 0.6 is 0 Å². The smallest absolute Gasteiger partial charge is 0.227 e. The number of fused-ring (bicyclic) bond motifs is 1. The zero-order valence-electron chi connectivity index (χ0n) is 9.59. The Balaban J connectivity index is 1.82. The van der Waals surface area contributed by atoms with Crippen molar-refractivity contribution in [2.75, 3.05) is 24.3 Å². The van der Waals surface area contributed by atoms with E-state index in [9.17, 15) is 0 Å². The summed E-state index contributed by atoms with van der Waals surface area (Å²) >= 11 is 0. The van der Waals surface area contributed by atoms with Gasteiger partial charge >= 0.3 is 0 Å². The van der Waals surface area contributed by atoms with Gasteiger partial charge in [0.25, 0.3) is 0 Å². The molecule has 6 heteroatoms. The maximum Gasteiger partial charge on any atom is 0.227 e. The first-order valence-corrected chi connectivity index (χ1v) is 5.55. The van der Waals surface area contributed by atoms with Crippen LogP contribution in [0.5, 0.6) is 11.5 Å². The van der Waals surface area contributed by atoms with Crippen molar-refractivity contribution in [3.05, 3.63) is 30.6 Å². The molecule has 0 spiro atoms. The highest BCUT2D eigenvalue weighted by atomic mass is 16.6. The van der Waals surface area contributed by atoms with Gasteiger partial charge in [-0.25, -0.2) is 9.97 Å². The summed E-state index contributed by atoms with van der Waals surface area (Å²) in [5.41, 5.74) is 6.89. The Kier molecular flexibility index (Phi) is 2.60. The molecule has 3 rings (SSSR count). The molecule has 0 fully saturated rings. The van der Waals surface area contributed by atoms with Crippen LogP contribution in [-0.4, -0.2) is 23.2 Å². The molecular weight excluding hydrogens is 232 g/mol. The number of anilines is 3. The normalized spacial score (nSPS) is 13.1. The van der Waals surface area contributed by atoms with E-state index in [4.69, 9.17) is 15.2 Å². The number of nitrogens with zero attached hydrogens (tertiary/aromatic N) is 2. The lowest BCUT2D eigenvalue weighted by molar-refractivity contribution is 0.171. The summed E-state index contributed by atoms with van der Waals surface area (Å²) < 4.78 is 10.9.